The Hall–Kier alpha value is -1.88. The minimum Gasteiger partial charge on any atom is -0.392 e. The van der Waals surface area contributed by atoms with Gasteiger partial charge in [0.2, 0.25) is 0 Å². The first-order valence-electron chi connectivity index (χ1n) is 10.6. The predicted octanol–water partition coefficient (Wildman–Crippen LogP) is 3.16. The maximum atomic E-state index is 10.7. The van der Waals surface area contributed by atoms with Crippen molar-refractivity contribution in [1.29, 1.82) is 0 Å². The van der Waals surface area contributed by atoms with Gasteiger partial charge in [0, 0.05) is 49.9 Å². The summed E-state index contributed by atoms with van der Waals surface area (Å²) in [5, 5.41) is 20.3. The minimum absolute atomic E-state index is 0.0772. The van der Waals surface area contributed by atoms with Crippen LogP contribution < -0.4 is 4.90 Å². The molecule has 4 nitrogen and oxygen atoms in total. The van der Waals surface area contributed by atoms with Gasteiger partial charge < -0.3 is 15.1 Å². The molecule has 4 rings (SSSR count). The zero-order valence-electron chi connectivity index (χ0n) is 17.4. The standard InChI is InChI=1S/C22H28N2O2.C2H6/c1-16-5-4-7-17-13-22(26)21(14-19(16)17)24-11-9-23(10-12-24)20-8-3-2-6-18(20)15-25;1-2/h2-8,21-22,25-26H,9-15H2,1H3;1-2H3. The van der Waals surface area contributed by atoms with Gasteiger partial charge in [0.15, 0.2) is 0 Å². The Morgan fingerprint density at radius 2 is 1.64 bits per heavy atom. The molecule has 0 spiro atoms. The van der Waals surface area contributed by atoms with Gasteiger partial charge in [0.1, 0.15) is 0 Å². The van der Waals surface area contributed by atoms with Crippen molar-refractivity contribution in [3.05, 3.63) is 64.7 Å². The summed E-state index contributed by atoms with van der Waals surface area (Å²) in [6, 6.07) is 14.7. The number of hydrogen-bond acceptors (Lipinski definition) is 4. The highest BCUT2D eigenvalue weighted by atomic mass is 16.3. The van der Waals surface area contributed by atoms with Gasteiger partial charge in [-0.2, -0.15) is 0 Å². The van der Waals surface area contributed by atoms with Crippen molar-refractivity contribution < 1.29 is 10.2 Å². The van der Waals surface area contributed by atoms with E-state index in [1.807, 2.05) is 32.0 Å². The van der Waals surface area contributed by atoms with E-state index in [-0.39, 0.29) is 18.8 Å². The molecule has 1 aliphatic heterocycles. The summed E-state index contributed by atoms with van der Waals surface area (Å²) < 4.78 is 0. The van der Waals surface area contributed by atoms with Crippen LogP contribution in [0.4, 0.5) is 5.69 Å². The maximum absolute atomic E-state index is 10.7. The summed E-state index contributed by atoms with van der Waals surface area (Å²) in [6.45, 7) is 10.0. The van der Waals surface area contributed by atoms with Crippen LogP contribution >= 0.6 is 0 Å². The molecule has 1 saturated heterocycles. The first kappa shape index (κ1) is 20.8. The largest absolute Gasteiger partial charge is 0.392 e. The van der Waals surface area contributed by atoms with E-state index in [0.29, 0.717) is 0 Å². The van der Waals surface area contributed by atoms with Crippen LogP contribution in [0.2, 0.25) is 0 Å². The Bertz CT molecular complexity index is 769. The van der Waals surface area contributed by atoms with Gasteiger partial charge >= 0.3 is 0 Å². The molecule has 1 aliphatic carbocycles. The lowest BCUT2D eigenvalue weighted by Gasteiger charge is -2.44. The Morgan fingerprint density at radius 1 is 0.929 bits per heavy atom. The van der Waals surface area contributed by atoms with Gasteiger partial charge in [-0.15, -0.1) is 0 Å². The fourth-order valence-electron chi connectivity index (χ4n) is 4.57. The van der Waals surface area contributed by atoms with Crippen LogP contribution in [0.5, 0.6) is 0 Å². The highest BCUT2D eigenvalue weighted by Crippen LogP contribution is 2.29. The monoisotopic (exact) mass is 382 g/mol. The predicted molar refractivity (Wildman–Crippen MR) is 116 cm³/mol. The molecule has 0 saturated carbocycles. The van der Waals surface area contributed by atoms with E-state index in [0.717, 1.165) is 50.3 Å². The van der Waals surface area contributed by atoms with E-state index < -0.39 is 0 Å². The number of fused-ring (bicyclic) bond motifs is 1. The molecular weight excluding hydrogens is 348 g/mol. The average molecular weight is 383 g/mol. The molecule has 0 amide bonds. The molecule has 28 heavy (non-hydrogen) atoms. The van der Waals surface area contributed by atoms with Crippen molar-refractivity contribution in [2.24, 2.45) is 0 Å². The number of piperazine rings is 1. The molecular formula is C24H34N2O2. The number of nitrogens with zero attached hydrogens (tertiary/aromatic N) is 2. The van der Waals surface area contributed by atoms with Gasteiger partial charge in [-0.1, -0.05) is 50.2 Å². The van der Waals surface area contributed by atoms with E-state index in [1.54, 1.807) is 0 Å². The zero-order chi connectivity index (χ0) is 20.1. The van der Waals surface area contributed by atoms with Gasteiger partial charge in [0.25, 0.3) is 0 Å². The molecule has 0 aromatic heterocycles. The van der Waals surface area contributed by atoms with Crippen LogP contribution in [0.1, 0.15) is 36.1 Å². The third-order valence-electron chi connectivity index (χ3n) is 6.08. The second-order valence-electron chi connectivity index (χ2n) is 7.57. The molecule has 1 fully saturated rings. The molecule has 1 heterocycles. The van der Waals surface area contributed by atoms with Gasteiger partial charge in [-0.25, -0.2) is 0 Å². The van der Waals surface area contributed by atoms with Gasteiger partial charge in [-0.3, -0.25) is 4.90 Å². The Kier molecular flexibility index (Phi) is 7.11. The molecule has 4 heteroatoms. The molecule has 2 aliphatic rings. The van der Waals surface area contributed by atoms with E-state index in [1.165, 1.54) is 16.7 Å². The summed E-state index contributed by atoms with van der Waals surface area (Å²) >= 11 is 0. The minimum atomic E-state index is -0.291. The molecule has 2 N–H and O–H groups in total. The maximum Gasteiger partial charge on any atom is 0.0739 e. The first-order valence-corrected chi connectivity index (χ1v) is 10.6. The molecule has 2 unspecified atom stereocenters. The van der Waals surface area contributed by atoms with Crippen LogP contribution in [-0.4, -0.2) is 53.4 Å². The zero-order valence-corrected chi connectivity index (χ0v) is 17.4. The van der Waals surface area contributed by atoms with Gasteiger partial charge in [0.05, 0.1) is 12.7 Å². The molecule has 152 valence electrons. The number of rotatable bonds is 3. The van der Waals surface area contributed by atoms with E-state index >= 15 is 0 Å². The lowest BCUT2D eigenvalue weighted by molar-refractivity contribution is 0.0394. The third kappa shape index (κ3) is 4.24. The normalized spacial score (nSPS) is 22.2. The summed E-state index contributed by atoms with van der Waals surface area (Å²) in [7, 11) is 0. The van der Waals surface area contributed by atoms with Crippen LogP contribution in [0.25, 0.3) is 0 Å². The highest BCUT2D eigenvalue weighted by Gasteiger charge is 2.34. The summed E-state index contributed by atoms with van der Waals surface area (Å²) in [5.74, 6) is 0. The van der Waals surface area contributed by atoms with Crippen LogP contribution in [0.3, 0.4) is 0 Å². The van der Waals surface area contributed by atoms with Crippen molar-refractivity contribution in [3.63, 3.8) is 0 Å². The topological polar surface area (TPSA) is 46.9 Å². The van der Waals surface area contributed by atoms with Crippen molar-refractivity contribution in [3.8, 4) is 0 Å². The number of aryl methyl sites for hydroxylation is 1. The first-order chi connectivity index (χ1) is 13.7. The fraction of sp³-hybridized carbons (Fsp3) is 0.500. The SMILES string of the molecule is CC.Cc1cccc2c1CC(N1CCN(c3ccccc3CO)CC1)C(O)C2. The molecule has 2 aromatic rings. The molecule has 2 atom stereocenters. The second kappa shape index (κ2) is 9.55. The average Bonchev–Trinajstić information content (AvgIpc) is 2.75. The summed E-state index contributed by atoms with van der Waals surface area (Å²) in [6.07, 6.45) is 1.41. The van der Waals surface area contributed by atoms with E-state index in [4.69, 9.17) is 0 Å². The van der Waals surface area contributed by atoms with Crippen molar-refractivity contribution in [2.45, 2.75) is 52.4 Å². The van der Waals surface area contributed by atoms with E-state index in [2.05, 4.69) is 41.0 Å². The van der Waals surface area contributed by atoms with Crippen LogP contribution in [-0.2, 0) is 19.4 Å². The number of benzene rings is 2. The molecule has 0 bridgehead atoms. The highest BCUT2D eigenvalue weighted by molar-refractivity contribution is 5.53. The number of anilines is 1. The Balaban J connectivity index is 0.00000109. The van der Waals surface area contributed by atoms with Crippen molar-refractivity contribution in [1.82, 2.24) is 4.90 Å². The summed E-state index contributed by atoms with van der Waals surface area (Å²) in [5.41, 5.74) is 6.21. The van der Waals surface area contributed by atoms with Crippen LogP contribution in [0, 0.1) is 6.92 Å². The Labute approximate surface area is 169 Å². The number of hydrogen-bond donors (Lipinski definition) is 2. The fourth-order valence-corrected chi connectivity index (χ4v) is 4.57. The van der Waals surface area contributed by atoms with E-state index in [9.17, 15) is 10.2 Å². The smallest absolute Gasteiger partial charge is 0.0739 e. The molecule has 2 aromatic carbocycles. The number of aliphatic hydroxyl groups excluding tert-OH is 2. The van der Waals surface area contributed by atoms with Gasteiger partial charge in [-0.05, 0) is 36.1 Å². The lowest BCUT2D eigenvalue weighted by Crippen LogP contribution is -2.56. The third-order valence-corrected chi connectivity index (χ3v) is 6.08. The second-order valence-corrected chi connectivity index (χ2v) is 7.57. The van der Waals surface area contributed by atoms with Crippen molar-refractivity contribution >= 4 is 5.69 Å². The van der Waals surface area contributed by atoms with Crippen molar-refractivity contribution in [2.75, 3.05) is 31.1 Å². The number of para-hydroxylation sites is 1. The molecule has 0 radical (unpaired) electrons. The Morgan fingerprint density at radius 3 is 2.36 bits per heavy atom. The quantitative estimate of drug-likeness (QED) is 0.856. The lowest BCUT2D eigenvalue weighted by atomic mass is 9.83. The summed E-state index contributed by atoms with van der Waals surface area (Å²) in [4.78, 5) is 4.81. The number of aliphatic hydroxyl groups is 2. The van der Waals surface area contributed by atoms with Crippen LogP contribution in [0.15, 0.2) is 42.5 Å².